The number of anilines is 1. The summed E-state index contributed by atoms with van der Waals surface area (Å²) in [5, 5.41) is 2.83. The Morgan fingerprint density at radius 2 is 1.60 bits per heavy atom. The lowest BCUT2D eigenvalue weighted by molar-refractivity contribution is -0.116. The molecule has 2 aromatic carbocycles. The number of carbonyl (C=O) groups excluding carboxylic acids is 1. The Kier molecular flexibility index (Phi) is 6.33. The fourth-order valence-corrected chi connectivity index (χ4v) is 3.29. The first-order valence-corrected chi connectivity index (χ1v) is 9.97. The van der Waals surface area contributed by atoms with Crippen LogP contribution in [0.15, 0.2) is 48.5 Å². The molecule has 134 valence electrons. The quantitative estimate of drug-likeness (QED) is 0.825. The molecule has 0 aliphatic heterocycles. The molecule has 0 atom stereocenters. The molecule has 1 N–H and O–H groups in total. The van der Waals surface area contributed by atoms with Gasteiger partial charge < -0.3 is 5.32 Å². The van der Waals surface area contributed by atoms with E-state index in [-0.39, 0.29) is 25.4 Å². The number of nitrogens with one attached hydrogen (secondary N) is 1. The number of amides is 1. The van der Waals surface area contributed by atoms with Crippen molar-refractivity contribution in [3.8, 4) is 0 Å². The summed E-state index contributed by atoms with van der Waals surface area (Å²) in [6.07, 6.45) is 1.28. The van der Waals surface area contributed by atoms with Crippen LogP contribution in [0.25, 0.3) is 0 Å². The Hall–Kier alpha value is -2.18. The maximum Gasteiger partial charge on any atom is 0.225 e. The van der Waals surface area contributed by atoms with E-state index >= 15 is 0 Å². The Morgan fingerprint density at radius 3 is 2.20 bits per heavy atom. The molecular weight excluding hydrogens is 336 g/mol. The highest BCUT2D eigenvalue weighted by atomic mass is 32.2. The summed E-state index contributed by atoms with van der Waals surface area (Å²) >= 11 is 0. The fourth-order valence-electron chi connectivity index (χ4n) is 2.49. The third-order valence-corrected chi connectivity index (χ3v) is 5.33. The maximum absolute atomic E-state index is 12.2. The van der Waals surface area contributed by atoms with Crippen LogP contribution in [0.4, 0.5) is 5.69 Å². The molecule has 1 amide bonds. The molecule has 0 radical (unpaired) electrons. The fraction of sp³-hybridized carbons (Fsp3) is 0.316. The minimum absolute atomic E-state index is 0.104. The van der Waals surface area contributed by atoms with Gasteiger partial charge in [-0.25, -0.2) is 8.42 Å². The lowest BCUT2D eigenvalue weighted by Crippen LogP contribution is -2.32. The lowest BCUT2D eigenvalue weighted by atomic mass is 10.1. The van der Waals surface area contributed by atoms with Crippen molar-refractivity contribution >= 4 is 21.6 Å². The molecule has 6 heteroatoms. The highest BCUT2D eigenvalue weighted by Gasteiger charge is 2.19. The zero-order valence-electron chi connectivity index (χ0n) is 14.8. The number of hydrogen-bond donors (Lipinski definition) is 1. The van der Waals surface area contributed by atoms with E-state index in [0.717, 1.165) is 22.4 Å². The predicted molar refractivity (Wildman–Crippen MR) is 101 cm³/mol. The van der Waals surface area contributed by atoms with Gasteiger partial charge in [0.05, 0.1) is 6.26 Å². The molecule has 0 aliphatic carbocycles. The van der Waals surface area contributed by atoms with E-state index in [1.165, 1.54) is 10.6 Å². The summed E-state index contributed by atoms with van der Waals surface area (Å²) in [5.41, 5.74) is 3.68. The molecule has 0 aliphatic rings. The van der Waals surface area contributed by atoms with E-state index in [1.54, 1.807) is 0 Å². The van der Waals surface area contributed by atoms with Gasteiger partial charge in [0.25, 0.3) is 0 Å². The van der Waals surface area contributed by atoms with Crippen LogP contribution in [0.1, 0.15) is 23.1 Å². The molecule has 0 fully saturated rings. The van der Waals surface area contributed by atoms with Gasteiger partial charge in [0.15, 0.2) is 0 Å². The molecule has 2 rings (SSSR count). The summed E-state index contributed by atoms with van der Waals surface area (Å²) < 4.78 is 25.5. The number of carbonyl (C=O) groups is 1. The van der Waals surface area contributed by atoms with Gasteiger partial charge in [0.1, 0.15) is 0 Å². The first-order valence-electron chi connectivity index (χ1n) is 8.12. The Labute approximate surface area is 149 Å². The average molecular weight is 360 g/mol. The zero-order valence-corrected chi connectivity index (χ0v) is 15.6. The Morgan fingerprint density at radius 1 is 1.00 bits per heavy atom. The first-order chi connectivity index (χ1) is 11.8. The second-order valence-corrected chi connectivity index (χ2v) is 8.12. The van der Waals surface area contributed by atoms with Crippen LogP contribution in [-0.2, 0) is 21.4 Å². The van der Waals surface area contributed by atoms with Gasteiger partial charge >= 0.3 is 0 Å². The zero-order chi connectivity index (χ0) is 18.4. The molecule has 5 nitrogen and oxygen atoms in total. The number of hydrogen-bond acceptors (Lipinski definition) is 3. The summed E-state index contributed by atoms with van der Waals surface area (Å²) in [6.45, 7) is 4.27. The molecule has 25 heavy (non-hydrogen) atoms. The van der Waals surface area contributed by atoms with E-state index in [2.05, 4.69) is 5.32 Å². The third-order valence-electron chi connectivity index (χ3n) is 4.08. The van der Waals surface area contributed by atoms with Crippen molar-refractivity contribution in [2.75, 3.05) is 18.1 Å². The molecule has 0 spiro atoms. The van der Waals surface area contributed by atoms with Gasteiger partial charge in [-0.05, 0) is 36.6 Å². The SMILES string of the molecule is Cc1ccccc1CN(CCC(=O)Nc1ccccc1C)S(C)(=O)=O. The van der Waals surface area contributed by atoms with Crippen LogP contribution < -0.4 is 5.32 Å². The molecule has 0 saturated heterocycles. The van der Waals surface area contributed by atoms with Gasteiger partial charge in [0, 0.05) is 25.2 Å². The number of para-hydroxylation sites is 1. The van der Waals surface area contributed by atoms with E-state index in [1.807, 2.05) is 62.4 Å². The van der Waals surface area contributed by atoms with Crippen LogP contribution in [0.3, 0.4) is 0 Å². The van der Waals surface area contributed by atoms with Crippen LogP contribution in [-0.4, -0.2) is 31.4 Å². The van der Waals surface area contributed by atoms with Crippen molar-refractivity contribution in [3.05, 3.63) is 65.2 Å². The van der Waals surface area contributed by atoms with E-state index in [4.69, 9.17) is 0 Å². The maximum atomic E-state index is 12.2. The van der Waals surface area contributed by atoms with Crippen molar-refractivity contribution in [3.63, 3.8) is 0 Å². The standard InChI is InChI=1S/C19H24N2O3S/c1-15-8-4-6-10-17(15)14-21(25(3,23)24)13-12-19(22)20-18-11-7-5-9-16(18)2/h4-11H,12-14H2,1-3H3,(H,20,22). The van der Waals surface area contributed by atoms with Crippen LogP contribution in [0.5, 0.6) is 0 Å². The number of rotatable bonds is 7. The van der Waals surface area contributed by atoms with Crippen molar-refractivity contribution in [2.24, 2.45) is 0 Å². The minimum Gasteiger partial charge on any atom is -0.326 e. The van der Waals surface area contributed by atoms with Crippen molar-refractivity contribution in [1.29, 1.82) is 0 Å². The monoisotopic (exact) mass is 360 g/mol. The van der Waals surface area contributed by atoms with Crippen molar-refractivity contribution in [2.45, 2.75) is 26.8 Å². The van der Waals surface area contributed by atoms with Gasteiger partial charge in [-0.15, -0.1) is 0 Å². The average Bonchev–Trinajstić information content (AvgIpc) is 2.54. The molecule has 2 aromatic rings. The number of benzene rings is 2. The summed E-state index contributed by atoms with van der Waals surface area (Å²) in [4.78, 5) is 12.2. The Balaban J connectivity index is 2.02. The van der Waals surface area contributed by atoms with E-state index in [9.17, 15) is 13.2 Å². The van der Waals surface area contributed by atoms with Gasteiger partial charge in [-0.1, -0.05) is 42.5 Å². The molecule has 0 heterocycles. The lowest BCUT2D eigenvalue weighted by Gasteiger charge is -2.21. The third kappa shape index (κ3) is 5.69. The van der Waals surface area contributed by atoms with Crippen molar-refractivity contribution < 1.29 is 13.2 Å². The number of sulfonamides is 1. The first kappa shape index (κ1) is 19.1. The number of nitrogens with zero attached hydrogens (tertiary/aromatic N) is 1. The van der Waals surface area contributed by atoms with Gasteiger partial charge in [0.2, 0.25) is 15.9 Å². The minimum atomic E-state index is -3.40. The van der Waals surface area contributed by atoms with Crippen LogP contribution in [0.2, 0.25) is 0 Å². The molecule has 0 bridgehead atoms. The smallest absolute Gasteiger partial charge is 0.225 e. The second-order valence-electron chi connectivity index (χ2n) is 6.14. The van der Waals surface area contributed by atoms with Crippen molar-refractivity contribution in [1.82, 2.24) is 4.31 Å². The van der Waals surface area contributed by atoms with E-state index in [0.29, 0.717) is 0 Å². The molecule has 0 aromatic heterocycles. The topological polar surface area (TPSA) is 66.5 Å². The highest BCUT2D eigenvalue weighted by molar-refractivity contribution is 7.88. The Bertz CT molecular complexity index is 847. The summed E-state index contributed by atoms with van der Waals surface area (Å²) in [5.74, 6) is -0.201. The summed E-state index contributed by atoms with van der Waals surface area (Å²) in [7, 11) is -3.40. The molecular formula is C19H24N2O3S. The molecule has 0 unspecified atom stereocenters. The number of aryl methyl sites for hydroxylation is 2. The van der Waals surface area contributed by atoms with Gasteiger partial charge in [-0.3, -0.25) is 4.79 Å². The van der Waals surface area contributed by atoms with Crippen LogP contribution in [0, 0.1) is 13.8 Å². The largest absolute Gasteiger partial charge is 0.326 e. The van der Waals surface area contributed by atoms with Gasteiger partial charge in [-0.2, -0.15) is 4.31 Å². The van der Waals surface area contributed by atoms with E-state index < -0.39 is 10.0 Å². The molecule has 0 saturated carbocycles. The summed E-state index contributed by atoms with van der Waals surface area (Å²) in [6, 6.07) is 15.1. The normalized spacial score (nSPS) is 11.5. The van der Waals surface area contributed by atoms with Crippen LogP contribution >= 0.6 is 0 Å². The predicted octanol–water partition coefficient (Wildman–Crippen LogP) is 3.09. The second kappa shape index (κ2) is 8.27. The highest BCUT2D eigenvalue weighted by Crippen LogP contribution is 2.15.